The Bertz CT molecular complexity index is 722. The van der Waals surface area contributed by atoms with Crippen molar-refractivity contribution < 1.29 is 23.1 Å². The Hall–Kier alpha value is -2.25. The summed E-state index contributed by atoms with van der Waals surface area (Å²) in [6, 6.07) is 12.3. The van der Waals surface area contributed by atoms with Gasteiger partial charge in [-0.1, -0.05) is 41.9 Å². The summed E-state index contributed by atoms with van der Waals surface area (Å²) in [5.41, 5.74) is 6.07. The molecule has 4 nitrogen and oxygen atoms in total. The molecule has 2 aromatic carbocycles. The normalized spacial score (nSPS) is 13.2. The van der Waals surface area contributed by atoms with Crippen LogP contribution in [0.25, 0.3) is 0 Å². The fourth-order valence-corrected chi connectivity index (χ4v) is 2.19. The van der Waals surface area contributed by atoms with Gasteiger partial charge in [-0.25, -0.2) is 0 Å². The van der Waals surface area contributed by atoms with Gasteiger partial charge in [-0.15, -0.1) is 0 Å². The molecule has 26 heavy (non-hydrogen) atoms. The van der Waals surface area contributed by atoms with Gasteiger partial charge in [0.1, 0.15) is 6.04 Å². The number of halogens is 4. The van der Waals surface area contributed by atoms with E-state index in [0.717, 1.165) is 18.2 Å². The van der Waals surface area contributed by atoms with Gasteiger partial charge in [0.05, 0.1) is 10.6 Å². The predicted molar refractivity (Wildman–Crippen MR) is 96.2 cm³/mol. The van der Waals surface area contributed by atoms with Crippen LogP contribution in [0, 0.1) is 0 Å². The van der Waals surface area contributed by atoms with Crippen molar-refractivity contribution in [3.8, 4) is 0 Å². The van der Waals surface area contributed by atoms with Crippen LogP contribution in [-0.4, -0.2) is 17.1 Å². The van der Waals surface area contributed by atoms with Gasteiger partial charge in [0.2, 0.25) is 0 Å². The Kier molecular flexibility index (Phi) is 7.92. The standard InChI is InChI=1S/C10H9ClF3NO2.C8H11N/c1-5(9(16)17)15-6-2-3-7(8(11)4-6)10(12,13)14;1-7(9)8-5-3-2-4-6-8/h2-5,15H,1H3,(H,16,17);2-7H,9H2,1H3/t5-;7-/m01/s1. The molecule has 0 fully saturated rings. The molecule has 0 heterocycles. The van der Waals surface area contributed by atoms with E-state index in [9.17, 15) is 18.0 Å². The number of aliphatic carboxylic acids is 1. The van der Waals surface area contributed by atoms with Gasteiger partial charge < -0.3 is 16.2 Å². The van der Waals surface area contributed by atoms with Crippen molar-refractivity contribution >= 4 is 23.3 Å². The quantitative estimate of drug-likeness (QED) is 0.692. The van der Waals surface area contributed by atoms with Crippen molar-refractivity contribution in [1.29, 1.82) is 0 Å². The Morgan fingerprint density at radius 3 is 2.12 bits per heavy atom. The highest BCUT2D eigenvalue weighted by Crippen LogP contribution is 2.35. The van der Waals surface area contributed by atoms with E-state index in [1.54, 1.807) is 0 Å². The number of nitrogens with one attached hydrogen (secondary N) is 1. The summed E-state index contributed by atoms with van der Waals surface area (Å²) in [4.78, 5) is 10.5. The van der Waals surface area contributed by atoms with Crippen molar-refractivity contribution in [3.63, 3.8) is 0 Å². The van der Waals surface area contributed by atoms with E-state index < -0.39 is 28.8 Å². The minimum absolute atomic E-state index is 0.159. The van der Waals surface area contributed by atoms with Gasteiger partial charge in [0.25, 0.3) is 0 Å². The molecule has 0 amide bonds. The molecule has 4 N–H and O–H groups in total. The molecule has 142 valence electrons. The van der Waals surface area contributed by atoms with Crippen LogP contribution in [0.4, 0.5) is 18.9 Å². The average Bonchev–Trinajstić information content (AvgIpc) is 2.55. The third-order valence-corrected chi connectivity index (χ3v) is 3.67. The Balaban J connectivity index is 0.000000314. The molecule has 8 heteroatoms. The van der Waals surface area contributed by atoms with Gasteiger partial charge in [0.15, 0.2) is 0 Å². The number of hydrogen-bond acceptors (Lipinski definition) is 3. The lowest BCUT2D eigenvalue weighted by molar-refractivity contribution is -0.138. The minimum Gasteiger partial charge on any atom is -0.480 e. The van der Waals surface area contributed by atoms with Gasteiger partial charge in [-0.05, 0) is 37.6 Å². The van der Waals surface area contributed by atoms with Crippen molar-refractivity contribution in [2.45, 2.75) is 32.1 Å². The minimum atomic E-state index is -4.52. The number of carboxylic acids is 1. The number of carbonyl (C=O) groups is 1. The van der Waals surface area contributed by atoms with Crippen LogP contribution < -0.4 is 11.1 Å². The lowest BCUT2D eigenvalue weighted by atomic mass is 10.1. The van der Waals surface area contributed by atoms with Crippen molar-refractivity contribution in [1.82, 2.24) is 0 Å². The van der Waals surface area contributed by atoms with E-state index in [0.29, 0.717) is 0 Å². The number of alkyl halides is 3. The molecule has 0 aliphatic carbocycles. The zero-order valence-corrected chi connectivity index (χ0v) is 15.0. The fraction of sp³-hybridized carbons (Fsp3) is 0.278. The SMILES string of the molecule is C[C@@H](N)c1ccccc1.C[C@H](Nc1ccc(C(F)(F)F)c(Cl)c1)C(=O)O. The highest BCUT2D eigenvalue weighted by Gasteiger charge is 2.33. The lowest BCUT2D eigenvalue weighted by Gasteiger charge is -2.13. The summed E-state index contributed by atoms with van der Waals surface area (Å²) < 4.78 is 37.1. The molecule has 0 aliphatic heterocycles. The summed E-state index contributed by atoms with van der Waals surface area (Å²) in [7, 11) is 0. The summed E-state index contributed by atoms with van der Waals surface area (Å²) in [5, 5.41) is 10.7. The van der Waals surface area contributed by atoms with Crippen molar-refractivity contribution in [2.24, 2.45) is 5.73 Å². The third kappa shape index (κ3) is 6.93. The molecular weight excluding hydrogens is 369 g/mol. The van der Waals surface area contributed by atoms with Gasteiger partial charge in [-0.3, -0.25) is 4.79 Å². The van der Waals surface area contributed by atoms with Crippen LogP contribution in [0.15, 0.2) is 48.5 Å². The smallest absolute Gasteiger partial charge is 0.417 e. The maximum Gasteiger partial charge on any atom is 0.417 e. The van der Waals surface area contributed by atoms with Gasteiger partial charge in [0, 0.05) is 11.7 Å². The first-order chi connectivity index (χ1) is 12.0. The molecule has 2 aromatic rings. The summed E-state index contributed by atoms with van der Waals surface area (Å²) in [6.45, 7) is 3.35. The second kappa shape index (κ2) is 9.45. The Morgan fingerprint density at radius 2 is 1.73 bits per heavy atom. The van der Waals surface area contributed by atoms with Crippen molar-refractivity contribution in [3.05, 3.63) is 64.7 Å². The van der Waals surface area contributed by atoms with E-state index in [1.807, 2.05) is 37.3 Å². The van der Waals surface area contributed by atoms with E-state index in [1.165, 1.54) is 12.5 Å². The number of hydrogen-bond donors (Lipinski definition) is 3. The third-order valence-electron chi connectivity index (χ3n) is 3.35. The zero-order chi connectivity index (χ0) is 19.9. The fourth-order valence-electron chi connectivity index (χ4n) is 1.90. The van der Waals surface area contributed by atoms with Crippen LogP contribution >= 0.6 is 11.6 Å². The number of rotatable bonds is 4. The topological polar surface area (TPSA) is 75.3 Å². The second-order valence-electron chi connectivity index (χ2n) is 5.60. The molecule has 0 saturated heterocycles. The van der Waals surface area contributed by atoms with Crippen molar-refractivity contribution in [2.75, 3.05) is 5.32 Å². The summed E-state index contributed by atoms with van der Waals surface area (Å²) in [6.07, 6.45) is -4.52. The van der Waals surface area contributed by atoms with Crippen LogP contribution in [0.1, 0.15) is 31.0 Å². The number of benzene rings is 2. The molecule has 0 aliphatic rings. The first kappa shape index (κ1) is 21.8. The summed E-state index contributed by atoms with van der Waals surface area (Å²) in [5.74, 6) is -1.11. The molecule has 2 rings (SSSR count). The van der Waals surface area contributed by atoms with Crippen LogP contribution in [0.2, 0.25) is 5.02 Å². The Morgan fingerprint density at radius 1 is 1.15 bits per heavy atom. The highest BCUT2D eigenvalue weighted by molar-refractivity contribution is 6.31. The zero-order valence-electron chi connectivity index (χ0n) is 14.2. The average molecular weight is 389 g/mol. The van der Waals surface area contributed by atoms with Gasteiger partial charge >= 0.3 is 12.1 Å². The first-order valence-corrected chi connectivity index (χ1v) is 8.06. The number of nitrogens with two attached hydrogens (primary N) is 1. The first-order valence-electron chi connectivity index (χ1n) is 7.69. The number of anilines is 1. The van der Waals surface area contributed by atoms with Crippen LogP contribution in [0.5, 0.6) is 0 Å². The maximum atomic E-state index is 12.4. The lowest BCUT2D eigenvalue weighted by Crippen LogP contribution is -2.25. The van der Waals surface area contributed by atoms with Crippen LogP contribution in [0.3, 0.4) is 0 Å². The molecule has 0 unspecified atom stereocenters. The second-order valence-corrected chi connectivity index (χ2v) is 6.00. The highest BCUT2D eigenvalue weighted by atomic mass is 35.5. The van der Waals surface area contributed by atoms with E-state index in [2.05, 4.69) is 5.32 Å². The largest absolute Gasteiger partial charge is 0.480 e. The van der Waals surface area contributed by atoms with Gasteiger partial charge in [-0.2, -0.15) is 13.2 Å². The molecule has 0 saturated carbocycles. The van der Waals surface area contributed by atoms with E-state index >= 15 is 0 Å². The Labute approximate surface area is 154 Å². The molecule has 0 spiro atoms. The monoisotopic (exact) mass is 388 g/mol. The molecule has 0 bridgehead atoms. The summed E-state index contributed by atoms with van der Waals surface area (Å²) >= 11 is 5.47. The molecular formula is C18H20ClF3N2O2. The predicted octanol–water partition coefficient (Wildman–Crippen LogP) is 4.95. The maximum absolute atomic E-state index is 12.4. The number of carboxylic acid groups (broad SMARTS) is 1. The van der Waals surface area contributed by atoms with E-state index in [4.69, 9.17) is 22.4 Å². The van der Waals surface area contributed by atoms with E-state index in [-0.39, 0.29) is 11.7 Å². The molecule has 2 atom stereocenters. The molecule has 0 radical (unpaired) electrons. The van der Waals surface area contributed by atoms with Crippen LogP contribution in [-0.2, 0) is 11.0 Å². The molecule has 0 aromatic heterocycles.